The second-order valence-electron chi connectivity index (χ2n) is 6.70. The maximum absolute atomic E-state index is 12.5. The van der Waals surface area contributed by atoms with Crippen molar-refractivity contribution in [2.45, 2.75) is 58.0 Å². The summed E-state index contributed by atoms with van der Waals surface area (Å²) in [5.74, 6) is 0.323. The standard InChI is InChI=1S/C18H26N2O/c1-13-3-4-15(14(2)11-13)5-8-18(21)20-10-9-16-6-7-17(12-20)19-16/h3-4,11,16-17,19H,5-10,12H2,1-2H3. The van der Waals surface area contributed by atoms with Gasteiger partial charge in [-0.1, -0.05) is 23.8 Å². The van der Waals surface area contributed by atoms with Crippen LogP contribution in [-0.2, 0) is 11.2 Å². The van der Waals surface area contributed by atoms with E-state index in [1.165, 1.54) is 29.5 Å². The molecule has 2 aliphatic rings. The lowest BCUT2D eigenvalue weighted by atomic mass is 10.0. The molecule has 1 amide bonds. The van der Waals surface area contributed by atoms with Gasteiger partial charge in [-0.15, -0.1) is 0 Å². The van der Waals surface area contributed by atoms with E-state index in [0.29, 0.717) is 24.4 Å². The lowest BCUT2D eigenvalue weighted by Crippen LogP contribution is -2.39. The number of nitrogens with one attached hydrogen (secondary N) is 1. The fraction of sp³-hybridized carbons (Fsp3) is 0.611. The highest BCUT2D eigenvalue weighted by Crippen LogP contribution is 2.21. The Hall–Kier alpha value is -1.35. The van der Waals surface area contributed by atoms with Crippen molar-refractivity contribution in [3.05, 3.63) is 34.9 Å². The van der Waals surface area contributed by atoms with Gasteiger partial charge in [0.2, 0.25) is 5.91 Å². The van der Waals surface area contributed by atoms with E-state index in [2.05, 4.69) is 42.3 Å². The van der Waals surface area contributed by atoms with Crippen molar-refractivity contribution >= 4 is 5.91 Å². The van der Waals surface area contributed by atoms with E-state index in [0.717, 1.165) is 25.9 Å². The number of hydrogen-bond acceptors (Lipinski definition) is 2. The normalized spacial score (nSPS) is 25.0. The third-order valence-electron chi connectivity index (χ3n) is 4.98. The first kappa shape index (κ1) is 14.6. The maximum atomic E-state index is 12.5. The number of fused-ring (bicyclic) bond motifs is 2. The van der Waals surface area contributed by atoms with Gasteiger partial charge in [0, 0.05) is 31.6 Å². The van der Waals surface area contributed by atoms with Crippen molar-refractivity contribution in [3.63, 3.8) is 0 Å². The first-order valence-electron chi connectivity index (χ1n) is 8.22. The summed E-state index contributed by atoms with van der Waals surface area (Å²) in [6.07, 6.45) is 5.14. The van der Waals surface area contributed by atoms with Crippen molar-refractivity contribution in [2.75, 3.05) is 13.1 Å². The molecule has 2 fully saturated rings. The molecule has 0 spiro atoms. The van der Waals surface area contributed by atoms with Gasteiger partial charge in [0.1, 0.15) is 0 Å². The Balaban J connectivity index is 1.56. The summed E-state index contributed by atoms with van der Waals surface area (Å²) in [5, 5.41) is 3.63. The summed E-state index contributed by atoms with van der Waals surface area (Å²) in [6.45, 7) is 6.09. The Bertz CT molecular complexity index is 526. The number of amides is 1. The second-order valence-corrected chi connectivity index (χ2v) is 6.70. The summed E-state index contributed by atoms with van der Waals surface area (Å²) in [6, 6.07) is 7.69. The van der Waals surface area contributed by atoms with Crippen LogP contribution in [0.3, 0.4) is 0 Å². The van der Waals surface area contributed by atoms with Crippen molar-refractivity contribution in [2.24, 2.45) is 0 Å². The van der Waals surface area contributed by atoms with Crippen LogP contribution in [0.1, 0.15) is 42.4 Å². The molecule has 2 saturated heterocycles. The lowest BCUT2D eigenvalue weighted by molar-refractivity contribution is -0.131. The van der Waals surface area contributed by atoms with E-state index in [9.17, 15) is 4.79 Å². The van der Waals surface area contributed by atoms with E-state index < -0.39 is 0 Å². The van der Waals surface area contributed by atoms with E-state index >= 15 is 0 Å². The predicted molar refractivity (Wildman–Crippen MR) is 85.4 cm³/mol. The van der Waals surface area contributed by atoms with Crippen LogP contribution in [0, 0.1) is 13.8 Å². The predicted octanol–water partition coefficient (Wildman–Crippen LogP) is 2.59. The Kier molecular flexibility index (Phi) is 4.29. The Morgan fingerprint density at radius 3 is 2.86 bits per heavy atom. The maximum Gasteiger partial charge on any atom is 0.222 e. The molecule has 0 aliphatic carbocycles. The molecule has 1 aromatic rings. The second kappa shape index (κ2) is 6.18. The minimum atomic E-state index is 0.323. The van der Waals surface area contributed by atoms with Gasteiger partial charge in [0.15, 0.2) is 0 Å². The van der Waals surface area contributed by atoms with Crippen molar-refractivity contribution < 1.29 is 4.79 Å². The summed E-state index contributed by atoms with van der Waals surface area (Å²) in [4.78, 5) is 14.6. The van der Waals surface area contributed by atoms with Crippen molar-refractivity contribution in [3.8, 4) is 0 Å². The Morgan fingerprint density at radius 1 is 1.24 bits per heavy atom. The van der Waals surface area contributed by atoms with Gasteiger partial charge < -0.3 is 10.2 Å². The number of hydrogen-bond donors (Lipinski definition) is 1. The molecule has 114 valence electrons. The van der Waals surface area contributed by atoms with Gasteiger partial charge in [-0.2, -0.15) is 0 Å². The molecule has 1 aromatic carbocycles. The van der Waals surface area contributed by atoms with E-state index in [-0.39, 0.29) is 0 Å². The smallest absolute Gasteiger partial charge is 0.222 e. The molecule has 2 heterocycles. The Morgan fingerprint density at radius 2 is 2.05 bits per heavy atom. The van der Waals surface area contributed by atoms with Crippen LogP contribution in [0.5, 0.6) is 0 Å². The zero-order valence-corrected chi connectivity index (χ0v) is 13.2. The van der Waals surface area contributed by atoms with Crippen molar-refractivity contribution in [1.82, 2.24) is 10.2 Å². The highest BCUT2D eigenvalue weighted by Gasteiger charge is 2.30. The van der Waals surface area contributed by atoms with Gasteiger partial charge in [-0.05, 0) is 50.7 Å². The molecule has 0 aromatic heterocycles. The molecule has 0 saturated carbocycles. The highest BCUT2D eigenvalue weighted by molar-refractivity contribution is 5.76. The monoisotopic (exact) mass is 286 g/mol. The number of aryl methyl sites for hydroxylation is 3. The Labute approximate surface area is 127 Å². The summed E-state index contributed by atoms with van der Waals surface area (Å²) in [7, 11) is 0. The molecule has 3 nitrogen and oxygen atoms in total. The molecule has 0 radical (unpaired) electrons. The van der Waals surface area contributed by atoms with E-state index in [1.807, 2.05) is 0 Å². The minimum absolute atomic E-state index is 0.323. The molecule has 3 rings (SSSR count). The fourth-order valence-corrected chi connectivity index (χ4v) is 3.70. The molecule has 1 N–H and O–H groups in total. The third-order valence-corrected chi connectivity index (χ3v) is 4.98. The van der Waals surface area contributed by atoms with Crippen LogP contribution in [0.2, 0.25) is 0 Å². The molecule has 3 heteroatoms. The molecular formula is C18H26N2O. The average molecular weight is 286 g/mol. The molecule has 2 atom stereocenters. The quantitative estimate of drug-likeness (QED) is 0.926. The zero-order chi connectivity index (χ0) is 14.8. The third kappa shape index (κ3) is 3.46. The summed E-state index contributed by atoms with van der Waals surface area (Å²) in [5.41, 5.74) is 3.90. The first-order valence-corrected chi connectivity index (χ1v) is 8.22. The van der Waals surface area contributed by atoms with Crippen LogP contribution in [0.25, 0.3) is 0 Å². The SMILES string of the molecule is Cc1ccc(CCC(=O)N2CCC3CCC(C2)N3)c(C)c1. The van der Waals surface area contributed by atoms with Gasteiger partial charge in [-0.25, -0.2) is 0 Å². The lowest BCUT2D eigenvalue weighted by Gasteiger charge is -2.24. The number of likely N-dealkylation sites (tertiary alicyclic amines) is 1. The number of carbonyl (C=O) groups is 1. The van der Waals surface area contributed by atoms with Crippen LogP contribution < -0.4 is 5.32 Å². The minimum Gasteiger partial charge on any atom is -0.341 e. The molecule has 2 aliphatic heterocycles. The average Bonchev–Trinajstić information content (AvgIpc) is 2.77. The highest BCUT2D eigenvalue weighted by atomic mass is 16.2. The summed E-state index contributed by atoms with van der Waals surface area (Å²) >= 11 is 0. The van der Waals surface area contributed by atoms with Gasteiger partial charge in [0.05, 0.1) is 0 Å². The largest absolute Gasteiger partial charge is 0.341 e. The number of carbonyl (C=O) groups excluding carboxylic acids is 1. The van der Waals surface area contributed by atoms with E-state index in [1.54, 1.807) is 0 Å². The first-order chi connectivity index (χ1) is 10.1. The van der Waals surface area contributed by atoms with Gasteiger partial charge >= 0.3 is 0 Å². The van der Waals surface area contributed by atoms with Crippen LogP contribution in [0.15, 0.2) is 18.2 Å². The number of benzene rings is 1. The zero-order valence-electron chi connectivity index (χ0n) is 13.2. The molecule has 2 unspecified atom stereocenters. The van der Waals surface area contributed by atoms with Crippen LogP contribution >= 0.6 is 0 Å². The topological polar surface area (TPSA) is 32.3 Å². The molecular weight excluding hydrogens is 260 g/mol. The fourth-order valence-electron chi connectivity index (χ4n) is 3.70. The van der Waals surface area contributed by atoms with Crippen LogP contribution in [-0.4, -0.2) is 36.0 Å². The van der Waals surface area contributed by atoms with Gasteiger partial charge in [0.25, 0.3) is 0 Å². The van der Waals surface area contributed by atoms with Crippen molar-refractivity contribution in [1.29, 1.82) is 0 Å². The van der Waals surface area contributed by atoms with E-state index in [4.69, 9.17) is 0 Å². The summed E-state index contributed by atoms with van der Waals surface area (Å²) < 4.78 is 0. The molecule has 21 heavy (non-hydrogen) atoms. The number of rotatable bonds is 3. The number of nitrogens with zero attached hydrogens (tertiary/aromatic N) is 1. The van der Waals surface area contributed by atoms with Gasteiger partial charge in [-0.3, -0.25) is 4.79 Å². The van der Waals surface area contributed by atoms with Crippen LogP contribution in [0.4, 0.5) is 0 Å². The molecule has 2 bridgehead atoms.